The highest BCUT2D eigenvalue weighted by Gasteiger charge is 2.52. The molecule has 0 aliphatic heterocycles. The molecule has 2 aromatic rings. The summed E-state index contributed by atoms with van der Waals surface area (Å²) in [5.74, 6) is -8.39. The van der Waals surface area contributed by atoms with Crippen molar-refractivity contribution in [3.05, 3.63) is 75.6 Å². The van der Waals surface area contributed by atoms with Crippen LogP contribution < -0.4 is 10.6 Å². The third kappa shape index (κ3) is 7.43. The van der Waals surface area contributed by atoms with Crippen molar-refractivity contribution in [1.29, 1.82) is 0 Å². The van der Waals surface area contributed by atoms with Gasteiger partial charge in [-0.05, 0) is 48.7 Å². The molecule has 218 valence electrons. The van der Waals surface area contributed by atoms with Crippen LogP contribution in [0.3, 0.4) is 0 Å². The maximum absolute atomic E-state index is 14.9. The molecule has 16 heteroatoms. The molecule has 0 bridgehead atoms. The normalized spacial score (nSPS) is 16.4. The number of carbonyl (C=O) groups is 2. The van der Waals surface area contributed by atoms with Gasteiger partial charge in [0, 0.05) is 5.56 Å². The highest BCUT2D eigenvalue weighted by molar-refractivity contribution is 6.30. The molecule has 3 rings (SSSR count). The first-order valence-corrected chi connectivity index (χ1v) is 11.4. The lowest BCUT2D eigenvalue weighted by molar-refractivity contribution is -0.140. The van der Waals surface area contributed by atoms with Gasteiger partial charge in [0.1, 0.15) is 29.6 Å². The first kappa shape index (κ1) is 31.2. The molecule has 1 saturated carbocycles. The van der Waals surface area contributed by atoms with E-state index in [4.69, 9.17) is 11.6 Å². The summed E-state index contributed by atoms with van der Waals surface area (Å²) in [6.45, 7) is -1.75. The van der Waals surface area contributed by atoms with Gasteiger partial charge in [-0.15, -0.1) is 0 Å². The van der Waals surface area contributed by atoms with Crippen molar-refractivity contribution >= 4 is 29.2 Å². The van der Waals surface area contributed by atoms with Crippen LogP contribution in [0, 0.1) is 5.82 Å². The molecule has 4 nitrogen and oxygen atoms in total. The zero-order valence-electron chi connectivity index (χ0n) is 19.6. The number of nitrogens with one attached hydrogen (secondary N) is 2. The van der Waals surface area contributed by atoms with E-state index in [0.29, 0.717) is 30.3 Å². The Bertz CT molecular complexity index is 1330. The second kappa shape index (κ2) is 10.9. The van der Waals surface area contributed by atoms with E-state index in [1.54, 1.807) is 0 Å². The average Bonchev–Trinajstić information content (AvgIpc) is 3.61. The number of rotatable bonds is 7. The van der Waals surface area contributed by atoms with Crippen LogP contribution in [0.15, 0.2) is 42.5 Å². The lowest BCUT2D eigenvalue weighted by Gasteiger charge is -2.20. The molecule has 0 heterocycles. The second-order valence-electron chi connectivity index (χ2n) is 8.80. The topological polar surface area (TPSA) is 58.2 Å². The van der Waals surface area contributed by atoms with Gasteiger partial charge in [0.2, 0.25) is 5.91 Å². The van der Waals surface area contributed by atoms with Crippen LogP contribution in [0.2, 0.25) is 5.02 Å². The van der Waals surface area contributed by atoms with Crippen molar-refractivity contribution in [3.63, 3.8) is 0 Å². The number of allylic oxidation sites excluding steroid dienone is 1. The van der Waals surface area contributed by atoms with Crippen molar-refractivity contribution < 1.29 is 57.9 Å². The molecule has 1 aliphatic carbocycles. The molecule has 0 aromatic heterocycles. The summed E-state index contributed by atoms with van der Waals surface area (Å²) in [6.07, 6.45) is -15.7. The molecule has 0 spiro atoms. The van der Waals surface area contributed by atoms with E-state index in [2.05, 4.69) is 0 Å². The van der Waals surface area contributed by atoms with E-state index in [1.807, 2.05) is 5.32 Å². The van der Waals surface area contributed by atoms with Crippen molar-refractivity contribution in [2.24, 2.45) is 0 Å². The zero-order valence-corrected chi connectivity index (χ0v) is 20.3. The Morgan fingerprint density at radius 1 is 0.975 bits per heavy atom. The Kier molecular flexibility index (Phi) is 8.49. The first-order valence-electron chi connectivity index (χ1n) is 11.0. The lowest BCUT2D eigenvalue weighted by atomic mass is 9.95. The molecule has 40 heavy (non-hydrogen) atoms. The highest BCUT2D eigenvalue weighted by Crippen LogP contribution is 2.41. The van der Waals surface area contributed by atoms with Crippen molar-refractivity contribution in [3.8, 4) is 0 Å². The summed E-state index contributed by atoms with van der Waals surface area (Å²) in [6, 6.07) is 2.91. The summed E-state index contributed by atoms with van der Waals surface area (Å²) in [5, 5.41) is 2.76. The summed E-state index contributed by atoms with van der Waals surface area (Å²) >= 11 is 5.49. The minimum Gasteiger partial charge on any atom is -0.345 e. The largest absolute Gasteiger partial charge is 0.417 e. The van der Waals surface area contributed by atoms with Crippen molar-refractivity contribution in [2.45, 2.75) is 42.8 Å². The van der Waals surface area contributed by atoms with Crippen LogP contribution in [0.5, 0.6) is 0 Å². The minimum absolute atomic E-state index is 0.0526. The van der Waals surface area contributed by atoms with Crippen molar-refractivity contribution in [2.75, 3.05) is 6.54 Å². The van der Waals surface area contributed by atoms with Gasteiger partial charge in [-0.3, -0.25) is 9.59 Å². The Morgan fingerprint density at radius 2 is 1.60 bits per heavy atom. The van der Waals surface area contributed by atoms with Crippen LogP contribution in [0.25, 0.3) is 5.83 Å². The van der Waals surface area contributed by atoms with Crippen molar-refractivity contribution in [1.82, 2.24) is 10.6 Å². The van der Waals surface area contributed by atoms with Gasteiger partial charge in [0.25, 0.3) is 5.91 Å². The minimum atomic E-state index is -5.34. The SMILES string of the molecule is O=C(NC1(C(=O)NCC(F)(F)F)CC1)c1ccc(C(F)=CC(c2ccc(F)c(Cl)c2)C(F)(F)F)cc1C(F)(F)F. The molecule has 1 atom stereocenters. The number of hydrogen-bond acceptors (Lipinski definition) is 2. The number of amides is 2. The molecular formula is C24H16ClF11N2O2. The molecule has 1 fully saturated rings. The maximum Gasteiger partial charge on any atom is 0.417 e. The number of carbonyl (C=O) groups excluding carboxylic acids is 2. The van der Waals surface area contributed by atoms with Crippen LogP contribution >= 0.6 is 11.6 Å². The van der Waals surface area contributed by atoms with Gasteiger partial charge in [0.15, 0.2) is 0 Å². The molecular weight excluding hydrogens is 593 g/mol. The molecule has 2 amide bonds. The van der Waals surface area contributed by atoms with E-state index in [-0.39, 0.29) is 25.0 Å². The van der Waals surface area contributed by atoms with E-state index in [9.17, 15) is 57.9 Å². The van der Waals surface area contributed by atoms with Gasteiger partial charge in [0.05, 0.1) is 16.1 Å². The Balaban J connectivity index is 1.94. The van der Waals surface area contributed by atoms with E-state index in [0.717, 1.165) is 0 Å². The molecule has 0 saturated heterocycles. The third-order valence-electron chi connectivity index (χ3n) is 5.80. The first-order chi connectivity index (χ1) is 18.2. The fourth-order valence-corrected chi connectivity index (χ4v) is 3.81. The fourth-order valence-electron chi connectivity index (χ4n) is 3.62. The van der Waals surface area contributed by atoms with Gasteiger partial charge in [-0.2, -0.15) is 39.5 Å². The van der Waals surface area contributed by atoms with E-state index >= 15 is 0 Å². The second-order valence-corrected chi connectivity index (χ2v) is 9.21. The molecule has 0 radical (unpaired) electrons. The number of hydrogen-bond donors (Lipinski definition) is 2. The molecule has 1 aliphatic rings. The summed E-state index contributed by atoms with van der Waals surface area (Å²) < 4.78 is 148. The smallest absolute Gasteiger partial charge is 0.345 e. The number of benzene rings is 2. The summed E-state index contributed by atoms with van der Waals surface area (Å²) in [4.78, 5) is 24.7. The molecule has 1 unspecified atom stereocenters. The fraction of sp³-hybridized carbons (Fsp3) is 0.333. The van der Waals surface area contributed by atoms with E-state index in [1.165, 1.54) is 5.32 Å². The average molecular weight is 609 g/mol. The summed E-state index contributed by atoms with van der Waals surface area (Å²) in [5.41, 5.74) is -6.55. The third-order valence-corrected chi connectivity index (χ3v) is 6.09. The predicted molar refractivity (Wildman–Crippen MR) is 119 cm³/mol. The van der Waals surface area contributed by atoms with Crippen LogP contribution in [-0.2, 0) is 11.0 Å². The van der Waals surface area contributed by atoms with E-state index < -0.39 is 87.3 Å². The maximum atomic E-state index is 14.9. The van der Waals surface area contributed by atoms with Crippen LogP contribution in [0.1, 0.15) is 45.8 Å². The number of alkyl halides is 9. The highest BCUT2D eigenvalue weighted by atomic mass is 35.5. The lowest BCUT2D eigenvalue weighted by Crippen LogP contribution is -2.51. The quantitative estimate of drug-likeness (QED) is 0.330. The van der Waals surface area contributed by atoms with Gasteiger partial charge < -0.3 is 10.6 Å². The molecule has 2 aromatic carbocycles. The standard InChI is InChI=1S/C24H16ClF11N2O2/c25-16-8-11(2-4-17(16)26)14(23(31,32)33)9-18(27)12-1-3-13(15(7-12)24(34,35)36)19(39)38-21(5-6-21)20(40)37-10-22(28,29)30/h1-4,7-9,14H,5-6,10H2,(H,37,40)(H,38,39). The summed E-state index contributed by atoms with van der Waals surface area (Å²) in [7, 11) is 0. The van der Waals surface area contributed by atoms with Gasteiger partial charge in [-0.1, -0.05) is 23.7 Å². The zero-order chi connectivity index (χ0) is 30.3. The molecule has 2 N–H and O–H groups in total. The van der Waals surface area contributed by atoms with Crippen LogP contribution in [0.4, 0.5) is 48.3 Å². The monoisotopic (exact) mass is 608 g/mol. The predicted octanol–water partition coefficient (Wildman–Crippen LogP) is 7.10. The van der Waals surface area contributed by atoms with Crippen LogP contribution in [-0.4, -0.2) is 36.3 Å². The Morgan fingerprint density at radius 3 is 2.10 bits per heavy atom. The van der Waals surface area contributed by atoms with Gasteiger partial charge >= 0.3 is 18.5 Å². The number of halogens is 12. The van der Waals surface area contributed by atoms with Gasteiger partial charge in [-0.25, -0.2) is 8.78 Å². The Labute approximate surface area is 223 Å². The Hall–Kier alpha value is -3.36.